The van der Waals surface area contributed by atoms with Crippen LogP contribution in [0.3, 0.4) is 0 Å². The normalized spacial score (nSPS) is 11.2. The molecule has 1 amide bonds. The molecule has 9 nitrogen and oxygen atoms in total. The summed E-state index contributed by atoms with van der Waals surface area (Å²) in [6.45, 7) is 0. The maximum absolute atomic E-state index is 13.0. The Kier molecular flexibility index (Phi) is 6.12. The number of carbonyl (C=O) groups excluding carboxylic acids is 1. The van der Waals surface area contributed by atoms with Gasteiger partial charge in [0.2, 0.25) is 10.0 Å². The second-order valence-electron chi connectivity index (χ2n) is 7.02. The van der Waals surface area contributed by atoms with E-state index in [1.807, 2.05) is 0 Å². The van der Waals surface area contributed by atoms with Crippen LogP contribution in [0.2, 0.25) is 5.02 Å². The lowest BCUT2D eigenvalue weighted by molar-refractivity contribution is 0.102. The highest BCUT2D eigenvalue weighted by Crippen LogP contribution is 2.29. The van der Waals surface area contributed by atoms with Gasteiger partial charge in [-0.3, -0.25) is 9.52 Å². The van der Waals surface area contributed by atoms with Gasteiger partial charge in [0, 0.05) is 16.8 Å². The van der Waals surface area contributed by atoms with Gasteiger partial charge in [0.15, 0.2) is 11.5 Å². The van der Waals surface area contributed by atoms with Crippen LogP contribution in [0.25, 0.3) is 17.1 Å². The average molecular weight is 487 g/mol. The fourth-order valence-corrected chi connectivity index (χ4v) is 3.82. The van der Waals surface area contributed by atoms with Crippen molar-refractivity contribution in [3.8, 4) is 22.9 Å². The second kappa shape index (κ2) is 9.00. The van der Waals surface area contributed by atoms with Crippen molar-refractivity contribution >= 4 is 38.9 Å². The van der Waals surface area contributed by atoms with Crippen LogP contribution in [-0.2, 0) is 10.0 Å². The molecule has 0 aliphatic carbocycles. The number of rotatable bonds is 7. The van der Waals surface area contributed by atoms with Crippen molar-refractivity contribution < 1.29 is 22.4 Å². The Morgan fingerprint density at radius 2 is 1.88 bits per heavy atom. The summed E-state index contributed by atoms with van der Waals surface area (Å²) in [5.74, 6) is 0.345. The Balaban J connectivity index is 1.67. The molecule has 2 N–H and O–H groups in total. The first kappa shape index (κ1) is 22.4. The van der Waals surface area contributed by atoms with E-state index in [0.717, 1.165) is 6.26 Å². The third kappa shape index (κ3) is 5.18. The Bertz CT molecular complexity index is 1400. The van der Waals surface area contributed by atoms with Crippen LogP contribution in [0.1, 0.15) is 10.5 Å². The van der Waals surface area contributed by atoms with Gasteiger partial charge in [-0.05, 0) is 54.6 Å². The molecule has 0 radical (unpaired) electrons. The van der Waals surface area contributed by atoms with Crippen LogP contribution in [0.5, 0.6) is 5.75 Å². The zero-order chi connectivity index (χ0) is 23.6. The number of nitrogens with zero attached hydrogens (tertiary/aromatic N) is 2. The average Bonchev–Trinajstić information content (AvgIpc) is 3.43. The van der Waals surface area contributed by atoms with E-state index in [-0.39, 0.29) is 11.4 Å². The molecular formula is C22H19ClN4O5S. The number of furan rings is 1. The van der Waals surface area contributed by atoms with Crippen LogP contribution in [0.15, 0.2) is 71.3 Å². The van der Waals surface area contributed by atoms with Gasteiger partial charge in [-0.15, -0.1) is 0 Å². The van der Waals surface area contributed by atoms with Crippen molar-refractivity contribution in [2.75, 3.05) is 23.4 Å². The molecule has 33 heavy (non-hydrogen) atoms. The van der Waals surface area contributed by atoms with Gasteiger partial charge >= 0.3 is 0 Å². The molecule has 0 atom stereocenters. The highest BCUT2D eigenvalue weighted by atomic mass is 35.5. The van der Waals surface area contributed by atoms with E-state index in [1.165, 1.54) is 19.4 Å². The SMILES string of the molecule is COc1ccc(NC(=O)c2cc(-c3ccco3)n(-c3ccc(Cl)cc3)n2)cc1NS(C)(=O)=O. The minimum absolute atomic E-state index is 0.129. The molecule has 2 aromatic carbocycles. The molecule has 0 saturated carbocycles. The molecule has 2 heterocycles. The number of methoxy groups -OCH3 is 1. The van der Waals surface area contributed by atoms with Gasteiger partial charge in [0.1, 0.15) is 11.4 Å². The molecule has 11 heteroatoms. The van der Waals surface area contributed by atoms with Crippen molar-refractivity contribution in [2.24, 2.45) is 0 Å². The highest BCUT2D eigenvalue weighted by molar-refractivity contribution is 7.92. The van der Waals surface area contributed by atoms with E-state index in [2.05, 4.69) is 15.1 Å². The van der Waals surface area contributed by atoms with Crippen molar-refractivity contribution in [2.45, 2.75) is 0 Å². The molecule has 170 valence electrons. The van der Waals surface area contributed by atoms with E-state index in [4.69, 9.17) is 20.8 Å². The van der Waals surface area contributed by atoms with E-state index in [1.54, 1.807) is 59.3 Å². The number of anilines is 2. The largest absolute Gasteiger partial charge is 0.495 e. The summed E-state index contributed by atoms with van der Waals surface area (Å²) in [5.41, 5.74) is 1.94. The summed E-state index contributed by atoms with van der Waals surface area (Å²) in [5, 5.41) is 7.74. The Morgan fingerprint density at radius 1 is 1.12 bits per heavy atom. The van der Waals surface area contributed by atoms with E-state index in [0.29, 0.717) is 33.6 Å². The summed E-state index contributed by atoms with van der Waals surface area (Å²) in [6.07, 6.45) is 2.55. The number of halogens is 1. The van der Waals surface area contributed by atoms with Gasteiger partial charge < -0.3 is 14.5 Å². The van der Waals surface area contributed by atoms with Crippen molar-refractivity contribution in [1.82, 2.24) is 9.78 Å². The standard InChI is InChI=1S/C22H19ClN4O5S/c1-31-20-10-7-15(12-17(20)26-33(2,29)30)24-22(28)18-13-19(21-4-3-11-32-21)27(25-18)16-8-5-14(23)6-9-16/h3-13,26H,1-2H3,(H,24,28). The number of hydrogen-bond acceptors (Lipinski definition) is 6. The van der Waals surface area contributed by atoms with Gasteiger partial charge in [0.05, 0.1) is 31.0 Å². The molecule has 0 spiro atoms. The predicted octanol–water partition coefficient (Wildman–Crippen LogP) is 4.42. The zero-order valence-corrected chi connectivity index (χ0v) is 19.1. The van der Waals surface area contributed by atoms with Crippen molar-refractivity contribution in [3.05, 3.63) is 77.6 Å². The molecule has 0 fully saturated rings. The third-order valence-corrected chi connectivity index (χ3v) is 5.38. The minimum Gasteiger partial charge on any atom is -0.495 e. The second-order valence-corrected chi connectivity index (χ2v) is 9.21. The van der Waals surface area contributed by atoms with Crippen molar-refractivity contribution in [3.63, 3.8) is 0 Å². The van der Waals surface area contributed by atoms with Gasteiger partial charge in [-0.25, -0.2) is 13.1 Å². The van der Waals surface area contributed by atoms with Crippen LogP contribution in [-0.4, -0.2) is 37.5 Å². The molecule has 0 saturated heterocycles. The van der Waals surface area contributed by atoms with Gasteiger partial charge in [-0.2, -0.15) is 5.10 Å². The van der Waals surface area contributed by atoms with Crippen LogP contribution in [0.4, 0.5) is 11.4 Å². The zero-order valence-electron chi connectivity index (χ0n) is 17.6. The van der Waals surface area contributed by atoms with Crippen LogP contribution < -0.4 is 14.8 Å². The maximum Gasteiger partial charge on any atom is 0.276 e. The molecule has 0 unspecified atom stereocenters. The summed E-state index contributed by atoms with van der Waals surface area (Å²) in [6, 6.07) is 16.7. The summed E-state index contributed by atoms with van der Waals surface area (Å²) in [4.78, 5) is 13.0. The number of carbonyl (C=O) groups is 1. The molecule has 0 aliphatic heterocycles. The monoisotopic (exact) mass is 486 g/mol. The number of aromatic nitrogens is 2. The number of ether oxygens (including phenoxy) is 1. The number of amides is 1. The van der Waals surface area contributed by atoms with E-state index >= 15 is 0 Å². The fraction of sp³-hybridized carbons (Fsp3) is 0.0909. The molecular weight excluding hydrogens is 468 g/mol. The van der Waals surface area contributed by atoms with E-state index < -0.39 is 15.9 Å². The molecule has 0 aliphatic rings. The lowest BCUT2D eigenvalue weighted by Crippen LogP contribution is -2.14. The molecule has 2 aromatic heterocycles. The van der Waals surface area contributed by atoms with Gasteiger partial charge in [0.25, 0.3) is 5.91 Å². The number of sulfonamides is 1. The first-order valence-electron chi connectivity index (χ1n) is 9.60. The Labute approximate surface area is 195 Å². The quantitative estimate of drug-likeness (QED) is 0.399. The molecule has 4 aromatic rings. The summed E-state index contributed by atoms with van der Waals surface area (Å²) >= 11 is 5.99. The lowest BCUT2D eigenvalue weighted by atomic mass is 10.2. The highest BCUT2D eigenvalue weighted by Gasteiger charge is 2.19. The molecule has 0 bridgehead atoms. The minimum atomic E-state index is -3.55. The number of nitrogens with one attached hydrogen (secondary N) is 2. The van der Waals surface area contributed by atoms with Crippen LogP contribution >= 0.6 is 11.6 Å². The summed E-state index contributed by atoms with van der Waals surface area (Å²) < 4.78 is 37.9. The predicted molar refractivity (Wildman–Crippen MR) is 126 cm³/mol. The van der Waals surface area contributed by atoms with Crippen LogP contribution in [0, 0.1) is 0 Å². The smallest absolute Gasteiger partial charge is 0.276 e. The lowest BCUT2D eigenvalue weighted by Gasteiger charge is -2.12. The van der Waals surface area contributed by atoms with Crippen molar-refractivity contribution in [1.29, 1.82) is 0 Å². The first-order chi connectivity index (χ1) is 15.7. The number of hydrogen-bond donors (Lipinski definition) is 2. The first-order valence-corrected chi connectivity index (χ1v) is 11.9. The van der Waals surface area contributed by atoms with E-state index in [9.17, 15) is 13.2 Å². The summed E-state index contributed by atoms with van der Waals surface area (Å²) in [7, 11) is -2.13. The fourth-order valence-electron chi connectivity index (χ4n) is 3.13. The third-order valence-electron chi connectivity index (χ3n) is 4.54. The Morgan fingerprint density at radius 3 is 2.52 bits per heavy atom. The molecule has 4 rings (SSSR count). The van der Waals surface area contributed by atoms with Gasteiger partial charge in [-0.1, -0.05) is 11.6 Å². The number of benzene rings is 2. The maximum atomic E-state index is 13.0. The topological polar surface area (TPSA) is 115 Å². The Hall–Kier alpha value is -3.76.